The van der Waals surface area contributed by atoms with Gasteiger partial charge in [-0.1, -0.05) is 0 Å². The topological polar surface area (TPSA) is 59.3 Å². The lowest BCUT2D eigenvalue weighted by Crippen LogP contribution is -2.25. The average Bonchev–Trinajstić information content (AvgIpc) is 2.90. The molecule has 0 fully saturated rings. The van der Waals surface area contributed by atoms with Crippen LogP contribution in [0.1, 0.15) is 0 Å². The predicted molar refractivity (Wildman–Crippen MR) is 69.7 cm³/mol. The third-order valence-corrected chi connectivity index (χ3v) is 2.66. The summed E-state index contributed by atoms with van der Waals surface area (Å²) in [5.41, 5.74) is 0.305. The number of hydrogen-bond acceptors (Lipinski definition) is 4. The van der Waals surface area contributed by atoms with Crippen LogP contribution < -0.4 is 10.1 Å². The summed E-state index contributed by atoms with van der Waals surface area (Å²) in [4.78, 5) is 0. The van der Waals surface area contributed by atoms with Gasteiger partial charge in [-0.25, -0.2) is 4.39 Å². The van der Waals surface area contributed by atoms with Crippen LogP contribution in [0.3, 0.4) is 0 Å². The molecule has 0 saturated heterocycles. The minimum Gasteiger partial charge on any atom is -0.497 e. The molecule has 0 bridgehead atoms. The van der Waals surface area contributed by atoms with Crippen molar-refractivity contribution in [3.8, 4) is 5.75 Å². The maximum Gasteiger partial charge on any atom is 0.146 e. The minimum atomic E-state index is -0.662. The average molecular weight is 265 g/mol. The van der Waals surface area contributed by atoms with Crippen LogP contribution in [0.15, 0.2) is 36.7 Å². The van der Waals surface area contributed by atoms with Crippen molar-refractivity contribution in [2.75, 3.05) is 19.0 Å². The quantitative estimate of drug-likeness (QED) is 0.831. The van der Waals surface area contributed by atoms with Gasteiger partial charge in [-0.05, 0) is 18.2 Å². The van der Waals surface area contributed by atoms with Gasteiger partial charge in [0.15, 0.2) is 0 Å². The summed E-state index contributed by atoms with van der Waals surface area (Å²) >= 11 is 0. The molecule has 0 aliphatic carbocycles. The monoisotopic (exact) mass is 265 g/mol. The molecule has 0 spiro atoms. The van der Waals surface area contributed by atoms with Crippen LogP contribution >= 0.6 is 0 Å². The van der Waals surface area contributed by atoms with Gasteiger partial charge in [0.25, 0.3) is 0 Å². The third kappa shape index (κ3) is 3.69. The summed E-state index contributed by atoms with van der Waals surface area (Å²) in [7, 11) is 1.52. The molecule has 6 heteroatoms. The van der Waals surface area contributed by atoms with E-state index in [1.54, 1.807) is 35.3 Å². The second kappa shape index (κ2) is 6.19. The summed E-state index contributed by atoms with van der Waals surface area (Å²) < 4.78 is 20.2. The molecule has 1 unspecified atom stereocenters. The first-order valence-electron chi connectivity index (χ1n) is 5.92. The minimum absolute atomic E-state index is 0.226. The number of aliphatic hydroxyl groups excluding tert-OH is 1. The van der Waals surface area contributed by atoms with E-state index in [2.05, 4.69) is 10.4 Å². The standard InChI is InChI=1S/C13H16FN3O2/c1-19-11-3-4-12(14)13(7-11)15-8-10(18)9-17-6-2-5-16-17/h2-7,10,15,18H,8-9H2,1H3. The van der Waals surface area contributed by atoms with Gasteiger partial charge in [-0.15, -0.1) is 0 Å². The van der Waals surface area contributed by atoms with Crippen molar-refractivity contribution in [2.24, 2.45) is 0 Å². The zero-order chi connectivity index (χ0) is 13.7. The molecule has 2 rings (SSSR count). The van der Waals surface area contributed by atoms with Crippen molar-refractivity contribution in [3.05, 3.63) is 42.5 Å². The Kier molecular flexibility index (Phi) is 4.35. The van der Waals surface area contributed by atoms with E-state index in [0.717, 1.165) is 0 Å². The Labute approximate surface area is 110 Å². The van der Waals surface area contributed by atoms with Gasteiger partial charge < -0.3 is 15.2 Å². The molecule has 1 atom stereocenters. The Hall–Kier alpha value is -2.08. The van der Waals surface area contributed by atoms with Crippen LogP contribution in [0.25, 0.3) is 0 Å². The number of hydrogen-bond donors (Lipinski definition) is 2. The van der Waals surface area contributed by atoms with E-state index in [4.69, 9.17) is 4.74 Å². The number of nitrogens with one attached hydrogen (secondary N) is 1. The molecule has 1 aromatic carbocycles. The molecular weight excluding hydrogens is 249 g/mol. The zero-order valence-corrected chi connectivity index (χ0v) is 10.6. The van der Waals surface area contributed by atoms with Gasteiger partial charge in [0.2, 0.25) is 0 Å². The predicted octanol–water partition coefficient (Wildman–Crippen LogP) is 1.50. The van der Waals surface area contributed by atoms with E-state index in [1.807, 2.05) is 0 Å². The summed E-state index contributed by atoms with van der Waals surface area (Å²) in [5.74, 6) is 0.178. The third-order valence-electron chi connectivity index (χ3n) is 2.66. The molecular formula is C13H16FN3O2. The Balaban J connectivity index is 1.91. The van der Waals surface area contributed by atoms with Gasteiger partial charge in [-0.3, -0.25) is 4.68 Å². The lowest BCUT2D eigenvalue weighted by atomic mass is 10.2. The summed E-state index contributed by atoms with van der Waals surface area (Å²) in [6.07, 6.45) is 2.74. The maximum absolute atomic E-state index is 13.5. The molecule has 1 aromatic heterocycles. The van der Waals surface area contributed by atoms with E-state index in [9.17, 15) is 9.50 Å². The van der Waals surface area contributed by atoms with Crippen molar-refractivity contribution in [2.45, 2.75) is 12.6 Å². The lowest BCUT2D eigenvalue weighted by Gasteiger charge is -2.14. The van der Waals surface area contributed by atoms with Crippen LogP contribution in [0.2, 0.25) is 0 Å². The SMILES string of the molecule is COc1ccc(F)c(NCC(O)Cn2cccn2)c1. The molecule has 2 aromatic rings. The van der Waals surface area contributed by atoms with Crippen molar-refractivity contribution < 1.29 is 14.2 Å². The molecule has 0 radical (unpaired) electrons. The lowest BCUT2D eigenvalue weighted by molar-refractivity contribution is 0.161. The van der Waals surface area contributed by atoms with Gasteiger partial charge in [0.1, 0.15) is 11.6 Å². The van der Waals surface area contributed by atoms with Crippen molar-refractivity contribution in [3.63, 3.8) is 0 Å². The highest BCUT2D eigenvalue weighted by atomic mass is 19.1. The highest BCUT2D eigenvalue weighted by Crippen LogP contribution is 2.20. The fourth-order valence-corrected chi connectivity index (χ4v) is 1.68. The molecule has 0 amide bonds. The normalized spacial score (nSPS) is 12.2. The second-order valence-electron chi connectivity index (χ2n) is 4.11. The fourth-order valence-electron chi connectivity index (χ4n) is 1.68. The van der Waals surface area contributed by atoms with Crippen LogP contribution in [0.5, 0.6) is 5.75 Å². The second-order valence-corrected chi connectivity index (χ2v) is 4.11. The van der Waals surface area contributed by atoms with E-state index >= 15 is 0 Å². The molecule has 5 nitrogen and oxygen atoms in total. The van der Waals surface area contributed by atoms with Crippen molar-refractivity contribution in [1.82, 2.24) is 9.78 Å². The van der Waals surface area contributed by atoms with E-state index < -0.39 is 6.10 Å². The Morgan fingerprint density at radius 3 is 3.05 bits per heavy atom. The summed E-state index contributed by atoms with van der Waals surface area (Å²) in [6, 6.07) is 6.19. The first-order valence-corrected chi connectivity index (χ1v) is 5.92. The highest BCUT2D eigenvalue weighted by molar-refractivity contribution is 5.49. The number of aromatic nitrogens is 2. The number of nitrogens with zero attached hydrogens (tertiary/aromatic N) is 2. The number of anilines is 1. The number of aliphatic hydroxyl groups is 1. The molecule has 0 saturated carbocycles. The van der Waals surface area contributed by atoms with Crippen LogP contribution in [-0.4, -0.2) is 34.6 Å². The molecule has 0 aliphatic heterocycles. The number of rotatable bonds is 6. The number of methoxy groups -OCH3 is 1. The van der Waals surface area contributed by atoms with Gasteiger partial charge in [0.05, 0.1) is 25.4 Å². The number of benzene rings is 1. The molecule has 102 valence electrons. The van der Waals surface area contributed by atoms with Gasteiger partial charge >= 0.3 is 0 Å². The van der Waals surface area contributed by atoms with E-state index in [0.29, 0.717) is 18.0 Å². The molecule has 2 N–H and O–H groups in total. The first kappa shape index (κ1) is 13.4. The molecule has 19 heavy (non-hydrogen) atoms. The van der Waals surface area contributed by atoms with Crippen molar-refractivity contribution >= 4 is 5.69 Å². The summed E-state index contributed by atoms with van der Waals surface area (Å²) in [6.45, 7) is 0.579. The zero-order valence-electron chi connectivity index (χ0n) is 10.6. The fraction of sp³-hybridized carbons (Fsp3) is 0.308. The van der Waals surface area contributed by atoms with Gasteiger partial charge in [-0.2, -0.15) is 5.10 Å². The van der Waals surface area contributed by atoms with Gasteiger partial charge in [0, 0.05) is 25.0 Å². The van der Waals surface area contributed by atoms with Crippen LogP contribution in [0, 0.1) is 5.82 Å². The Morgan fingerprint density at radius 2 is 2.37 bits per heavy atom. The van der Waals surface area contributed by atoms with Crippen molar-refractivity contribution in [1.29, 1.82) is 0 Å². The van der Waals surface area contributed by atoms with Crippen LogP contribution in [-0.2, 0) is 6.54 Å². The number of halogens is 1. The maximum atomic E-state index is 13.5. The Morgan fingerprint density at radius 1 is 1.53 bits per heavy atom. The molecule has 0 aliphatic rings. The largest absolute Gasteiger partial charge is 0.497 e. The van der Waals surface area contributed by atoms with E-state index in [1.165, 1.54) is 13.2 Å². The smallest absolute Gasteiger partial charge is 0.146 e. The Bertz CT molecular complexity index is 517. The molecule has 1 heterocycles. The van der Waals surface area contributed by atoms with Crippen LogP contribution in [0.4, 0.5) is 10.1 Å². The van der Waals surface area contributed by atoms with E-state index in [-0.39, 0.29) is 12.4 Å². The summed E-state index contributed by atoms with van der Waals surface area (Å²) in [5, 5.41) is 16.7. The first-order chi connectivity index (χ1) is 9.19. The number of ether oxygens (including phenoxy) is 1. The highest BCUT2D eigenvalue weighted by Gasteiger charge is 2.08.